The smallest absolute Gasteiger partial charge is 0.254 e. The molecule has 3 N–H and O–H groups in total. The molecule has 0 aliphatic rings. The Morgan fingerprint density at radius 2 is 2.00 bits per heavy atom. The molecule has 2 rings (SSSR count). The van der Waals surface area contributed by atoms with E-state index < -0.39 is 0 Å². The number of amides is 1. The Hall–Kier alpha value is -1.78. The maximum atomic E-state index is 11.9. The van der Waals surface area contributed by atoms with Gasteiger partial charge in [0.2, 0.25) is 0 Å². The minimum absolute atomic E-state index is 0. The summed E-state index contributed by atoms with van der Waals surface area (Å²) in [5, 5.41) is 2.89. The van der Waals surface area contributed by atoms with Gasteiger partial charge in [-0.1, -0.05) is 31.2 Å². The normalized spacial score (nSPS) is 9.90. The van der Waals surface area contributed by atoms with Crippen molar-refractivity contribution >= 4 is 18.3 Å². The second kappa shape index (κ2) is 7.72. The molecule has 0 radical (unpaired) electrons. The third kappa shape index (κ3) is 3.85. The lowest BCUT2D eigenvalue weighted by Gasteiger charge is -2.08. The van der Waals surface area contributed by atoms with Gasteiger partial charge in [-0.05, 0) is 23.6 Å². The summed E-state index contributed by atoms with van der Waals surface area (Å²) in [4.78, 5) is 11.9. The van der Waals surface area contributed by atoms with Crippen LogP contribution in [0.4, 0.5) is 0 Å². The van der Waals surface area contributed by atoms with Crippen LogP contribution in [0.3, 0.4) is 0 Å². The summed E-state index contributed by atoms with van der Waals surface area (Å²) in [7, 11) is 0. The van der Waals surface area contributed by atoms with Crippen molar-refractivity contribution in [3.8, 4) is 0 Å². The fourth-order valence-corrected chi connectivity index (χ4v) is 1.96. The summed E-state index contributed by atoms with van der Waals surface area (Å²) < 4.78 is 5.15. The summed E-state index contributed by atoms with van der Waals surface area (Å²) in [6, 6.07) is 9.76. The largest absolute Gasteiger partial charge is 0.467 e. The highest BCUT2D eigenvalue weighted by atomic mass is 35.5. The van der Waals surface area contributed by atoms with E-state index in [4.69, 9.17) is 10.2 Å². The van der Waals surface area contributed by atoms with E-state index in [0.717, 1.165) is 12.0 Å². The predicted molar refractivity (Wildman–Crippen MR) is 80.8 cm³/mol. The number of benzene rings is 1. The van der Waals surface area contributed by atoms with Crippen molar-refractivity contribution in [3.63, 3.8) is 0 Å². The van der Waals surface area contributed by atoms with E-state index in [0.29, 0.717) is 24.4 Å². The lowest BCUT2D eigenvalue weighted by Crippen LogP contribution is -2.22. The number of carbonyl (C=O) groups is 1. The number of aryl methyl sites for hydroxylation is 1. The molecule has 1 aromatic carbocycles. The number of rotatable bonds is 5. The molecule has 2 aromatic rings. The molecular formula is C15H19ClN2O2. The van der Waals surface area contributed by atoms with Crippen LogP contribution in [0.1, 0.15) is 34.2 Å². The van der Waals surface area contributed by atoms with Gasteiger partial charge in [-0.2, -0.15) is 0 Å². The fraction of sp³-hybridized carbons (Fsp3) is 0.267. The van der Waals surface area contributed by atoms with Gasteiger partial charge in [0.15, 0.2) is 0 Å². The number of nitrogens with two attached hydrogens (primary N) is 1. The molecule has 20 heavy (non-hydrogen) atoms. The second-order valence-electron chi connectivity index (χ2n) is 4.31. The topological polar surface area (TPSA) is 68.3 Å². The average molecular weight is 295 g/mol. The molecule has 0 spiro atoms. The minimum atomic E-state index is -0.144. The first-order valence-electron chi connectivity index (χ1n) is 6.37. The average Bonchev–Trinajstić information content (AvgIpc) is 2.94. The quantitative estimate of drug-likeness (QED) is 0.891. The monoisotopic (exact) mass is 294 g/mol. The van der Waals surface area contributed by atoms with Crippen LogP contribution in [-0.2, 0) is 19.5 Å². The van der Waals surface area contributed by atoms with Gasteiger partial charge in [0.1, 0.15) is 12.0 Å². The minimum Gasteiger partial charge on any atom is -0.467 e. The van der Waals surface area contributed by atoms with Crippen molar-refractivity contribution in [2.75, 3.05) is 0 Å². The molecule has 1 heterocycles. The maximum absolute atomic E-state index is 11.9. The molecule has 0 saturated heterocycles. The van der Waals surface area contributed by atoms with Crippen molar-refractivity contribution in [2.24, 2.45) is 5.73 Å². The molecular weight excluding hydrogens is 276 g/mol. The van der Waals surface area contributed by atoms with Crippen LogP contribution in [0.25, 0.3) is 0 Å². The molecule has 108 valence electrons. The Kier molecular flexibility index (Phi) is 6.28. The molecule has 1 aromatic heterocycles. The van der Waals surface area contributed by atoms with E-state index >= 15 is 0 Å². The Morgan fingerprint density at radius 1 is 1.30 bits per heavy atom. The lowest BCUT2D eigenvalue weighted by atomic mass is 10.1. The van der Waals surface area contributed by atoms with Crippen LogP contribution in [0, 0.1) is 0 Å². The number of nitrogens with one attached hydrogen (secondary N) is 1. The molecule has 0 unspecified atom stereocenters. The van der Waals surface area contributed by atoms with E-state index in [1.807, 2.05) is 18.2 Å². The van der Waals surface area contributed by atoms with Crippen molar-refractivity contribution in [2.45, 2.75) is 26.4 Å². The molecule has 1 amide bonds. The van der Waals surface area contributed by atoms with E-state index in [1.54, 1.807) is 6.07 Å². The fourth-order valence-electron chi connectivity index (χ4n) is 1.96. The highest BCUT2D eigenvalue weighted by Gasteiger charge is 2.09. The van der Waals surface area contributed by atoms with Gasteiger partial charge in [0.25, 0.3) is 5.91 Å². The Labute approximate surface area is 124 Å². The SMILES string of the molecule is CCc1ccccc1CNC(=O)c1coc(CN)c1.Cl. The Balaban J connectivity index is 0.00000200. The molecule has 0 aliphatic carbocycles. The third-order valence-electron chi connectivity index (χ3n) is 3.06. The van der Waals surface area contributed by atoms with Gasteiger partial charge in [-0.3, -0.25) is 4.79 Å². The highest BCUT2D eigenvalue weighted by Crippen LogP contribution is 2.10. The van der Waals surface area contributed by atoms with Crippen LogP contribution in [-0.4, -0.2) is 5.91 Å². The molecule has 0 atom stereocenters. The summed E-state index contributed by atoms with van der Waals surface area (Å²) >= 11 is 0. The van der Waals surface area contributed by atoms with E-state index in [2.05, 4.69) is 18.3 Å². The zero-order valence-corrected chi connectivity index (χ0v) is 12.2. The van der Waals surface area contributed by atoms with Crippen LogP contribution in [0.2, 0.25) is 0 Å². The first kappa shape index (κ1) is 16.3. The number of hydrogen-bond donors (Lipinski definition) is 2. The van der Waals surface area contributed by atoms with E-state index in [-0.39, 0.29) is 18.3 Å². The van der Waals surface area contributed by atoms with Crippen molar-refractivity contribution in [3.05, 3.63) is 59.0 Å². The maximum Gasteiger partial charge on any atom is 0.254 e. The highest BCUT2D eigenvalue weighted by molar-refractivity contribution is 5.93. The van der Waals surface area contributed by atoms with Crippen LogP contribution < -0.4 is 11.1 Å². The van der Waals surface area contributed by atoms with Crippen molar-refractivity contribution in [1.82, 2.24) is 5.32 Å². The molecule has 0 fully saturated rings. The zero-order chi connectivity index (χ0) is 13.7. The van der Waals surface area contributed by atoms with Crippen LogP contribution in [0.15, 0.2) is 41.0 Å². The Morgan fingerprint density at radius 3 is 2.60 bits per heavy atom. The predicted octanol–water partition coefficient (Wildman–Crippen LogP) is 2.65. The van der Waals surface area contributed by atoms with Crippen LogP contribution in [0.5, 0.6) is 0 Å². The van der Waals surface area contributed by atoms with E-state index in [1.165, 1.54) is 11.8 Å². The number of hydrogen-bond acceptors (Lipinski definition) is 3. The standard InChI is InChI=1S/C15H18N2O2.ClH/c1-2-11-5-3-4-6-12(11)9-17-15(18)13-7-14(8-16)19-10-13;/h3-7,10H,2,8-9,16H2,1H3,(H,17,18);1H. The number of carbonyl (C=O) groups excluding carboxylic acids is 1. The lowest BCUT2D eigenvalue weighted by molar-refractivity contribution is 0.0950. The van der Waals surface area contributed by atoms with E-state index in [9.17, 15) is 4.79 Å². The van der Waals surface area contributed by atoms with Gasteiger partial charge >= 0.3 is 0 Å². The van der Waals surface area contributed by atoms with Gasteiger partial charge in [0, 0.05) is 6.54 Å². The van der Waals surface area contributed by atoms with Gasteiger partial charge < -0.3 is 15.5 Å². The van der Waals surface area contributed by atoms with Gasteiger partial charge in [0.05, 0.1) is 12.1 Å². The molecule has 0 aliphatic heterocycles. The first-order chi connectivity index (χ1) is 9.24. The number of halogens is 1. The van der Waals surface area contributed by atoms with Gasteiger partial charge in [-0.15, -0.1) is 12.4 Å². The third-order valence-corrected chi connectivity index (χ3v) is 3.06. The summed E-state index contributed by atoms with van der Waals surface area (Å²) in [6.45, 7) is 2.92. The van der Waals surface area contributed by atoms with Crippen molar-refractivity contribution < 1.29 is 9.21 Å². The first-order valence-corrected chi connectivity index (χ1v) is 6.37. The van der Waals surface area contributed by atoms with Crippen LogP contribution >= 0.6 is 12.4 Å². The Bertz CT molecular complexity index is 567. The summed E-state index contributed by atoms with van der Waals surface area (Å²) in [6.07, 6.45) is 2.39. The second-order valence-corrected chi connectivity index (χ2v) is 4.31. The molecule has 0 bridgehead atoms. The molecule has 5 heteroatoms. The van der Waals surface area contributed by atoms with Gasteiger partial charge in [-0.25, -0.2) is 0 Å². The molecule has 4 nitrogen and oxygen atoms in total. The summed E-state index contributed by atoms with van der Waals surface area (Å²) in [5.74, 6) is 0.466. The zero-order valence-electron chi connectivity index (χ0n) is 11.4. The van der Waals surface area contributed by atoms with Crippen molar-refractivity contribution in [1.29, 1.82) is 0 Å². The number of furan rings is 1. The summed E-state index contributed by atoms with van der Waals surface area (Å²) in [5.41, 5.74) is 8.34. The molecule has 0 saturated carbocycles.